The third kappa shape index (κ3) is 13.1. The van der Waals surface area contributed by atoms with Crippen molar-refractivity contribution in [3.63, 3.8) is 0 Å². The van der Waals surface area contributed by atoms with E-state index < -0.39 is 11.9 Å². The lowest BCUT2D eigenvalue weighted by atomic mass is 10.1. The van der Waals surface area contributed by atoms with Crippen molar-refractivity contribution in [2.75, 3.05) is 13.2 Å². The summed E-state index contributed by atoms with van der Waals surface area (Å²) < 4.78 is 11.7. The molecule has 0 aliphatic rings. The molecule has 170 valence electrons. The molecule has 0 heterocycles. The summed E-state index contributed by atoms with van der Waals surface area (Å²) in [5.74, 6) is -0.0593. The molecule has 0 aliphatic carbocycles. The van der Waals surface area contributed by atoms with Gasteiger partial charge >= 0.3 is 11.9 Å². The summed E-state index contributed by atoms with van der Waals surface area (Å²) >= 11 is 0. The highest BCUT2D eigenvalue weighted by molar-refractivity contribution is 5.66. The number of carboxylic acids is 2. The maximum absolute atomic E-state index is 10.6. The monoisotopic (exact) mass is 422 g/mol. The van der Waals surface area contributed by atoms with Crippen LogP contribution in [0.2, 0.25) is 0 Å². The van der Waals surface area contributed by atoms with Gasteiger partial charge in [-0.1, -0.05) is 63.5 Å². The van der Waals surface area contributed by atoms with Crippen LogP contribution in [0.1, 0.15) is 89.0 Å². The molecular weight excluding hydrogens is 384 g/mol. The quantitative estimate of drug-likeness (QED) is 0.266. The van der Waals surface area contributed by atoms with Crippen LogP contribution in [0.5, 0.6) is 11.5 Å². The minimum Gasteiger partial charge on any atom is -0.490 e. The molecule has 30 heavy (non-hydrogen) atoms. The zero-order chi connectivity index (χ0) is 22.0. The second-order valence-electron chi connectivity index (χ2n) is 7.78. The number of unbranched alkanes of at least 4 members (excludes halogenated alkanes) is 9. The van der Waals surface area contributed by atoms with Crippen molar-refractivity contribution < 1.29 is 29.3 Å². The summed E-state index contributed by atoms with van der Waals surface area (Å²) in [6.07, 6.45) is 12.1. The van der Waals surface area contributed by atoms with Crippen LogP contribution in [-0.4, -0.2) is 35.4 Å². The van der Waals surface area contributed by atoms with Crippen LogP contribution >= 0.6 is 0 Å². The largest absolute Gasteiger partial charge is 0.490 e. The molecule has 1 aromatic rings. The predicted molar refractivity (Wildman–Crippen MR) is 117 cm³/mol. The van der Waals surface area contributed by atoms with Gasteiger partial charge < -0.3 is 19.7 Å². The molecule has 6 nitrogen and oxygen atoms in total. The molecule has 0 fully saturated rings. The van der Waals surface area contributed by atoms with Gasteiger partial charge in [0.15, 0.2) is 11.5 Å². The molecule has 0 unspecified atom stereocenters. The number of carboxylic acid groups (broad SMARTS) is 2. The molecule has 2 N–H and O–H groups in total. The van der Waals surface area contributed by atoms with Crippen LogP contribution in [0.4, 0.5) is 0 Å². The van der Waals surface area contributed by atoms with Crippen molar-refractivity contribution in [3.8, 4) is 11.5 Å². The summed E-state index contributed by atoms with van der Waals surface area (Å²) in [5, 5.41) is 17.3. The molecule has 0 saturated heterocycles. The molecule has 0 amide bonds. The van der Waals surface area contributed by atoms with Crippen LogP contribution in [-0.2, 0) is 9.59 Å². The first kappa shape index (κ1) is 25.8. The van der Waals surface area contributed by atoms with Gasteiger partial charge in [-0.3, -0.25) is 9.59 Å². The maximum Gasteiger partial charge on any atom is 0.303 e. The third-order valence-corrected chi connectivity index (χ3v) is 5.00. The Balaban J connectivity index is 2.08. The van der Waals surface area contributed by atoms with E-state index >= 15 is 0 Å². The molecule has 6 heteroatoms. The van der Waals surface area contributed by atoms with Crippen molar-refractivity contribution in [1.82, 2.24) is 0 Å². The molecule has 1 aromatic carbocycles. The smallest absolute Gasteiger partial charge is 0.303 e. The summed E-state index contributed by atoms with van der Waals surface area (Å²) in [7, 11) is 0. The molecule has 0 atom stereocenters. The number of aryl methyl sites for hydroxylation is 1. The topological polar surface area (TPSA) is 93.1 Å². The average molecular weight is 423 g/mol. The number of rotatable bonds is 19. The van der Waals surface area contributed by atoms with Crippen LogP contribution < -0.4 is 9.47 Å². The van der Waals surface area contributed by atoms with Crippen molar-refractivity contribution in [2.45, 2.75) is 90.4 Å². The molecular formula is C24H38O6. The molecule has 0 aromatic heterocycles. The van der Waals surface area contributed by atoms with Gasteiger partial charge in [0.2, 0.25) is 0 Å². The second kappa shape index (κ2) is 16.5. The Kier molecular flexibility index (Phi) is 14.2. The van der Waals surface area contributed by atoms with Crippen molar-refractivity contribution in [2.24, 2.45) is 0 Å². The van der Waals surface area contributed by atoms with E-state index in [0.717, 1.165) is 43.4 Å². The molecule has 0 radical (unpaired) electrons. The Bertz CT molecular complexity index is 614. The summed E-state index contributed by atoms with van der Waals surface area (Å²) in [6, 6.07) is 5.80. The Morgan fingerprint density at radius 1 is 0.700 bits per heavy atom. The minimum atomic E-state index is -0.810. The van der Waals surface area contributed by atoms with Crippen molar-refractivity contribution in [1.29, 1.82) is 0 Å². The first-order valence-corrected chi connectivity index (χ1v) is 11.3. The van der Waals surface area contributed by atoms with Gasteiger partial charge in [-0.05, 0) is 37.8 Å². The highest BCUT2D eigenvalue weighted by Crippen LogP contribution is 2.31. The van der Waals surface area contributed by atoms with E-state index in [1.165, 1.54) is 32.1 Å². The SMILES string of the molecule is Cc1cccc(OCCCCCCCCCCCCC(=O)O)c1OCCCC(=O)O. The van der Waals surface area contributed by atoms with Gasteiger partial charge in [-0.25, -0.2) is 0 Å². The van der Waals surface area contributed by atoms with Crippen LogP contribution in [0, 0.1) is 6.92 Å². The molecule has 0 saturated carbocycles. The predicted octanol–water partition coefficient (Wildman–Crippen LogP) is 5.99. The maximum atomic E-state index is 10.6. The highest BCUT2D eigenvalue weighted by atomic mass is 16.5. The van der Waals surface area contributed by atoms with Crippen LogP contribution in [0.3, 0.4) is 0 Å². The first-order valence-electron chi connectivity index (χ1n) is 11.3. The summed E-state index contributed by atoms with van der Waals surface area (Å²) in [5.41, 5.74) is 0.991. The standard InChI is InChI=1S/C24H38O6/c1-20-14-12-15-21(24(20)30-19-13-17-23(27)28)29-18-11-9-7-5-3-2-4-6-8-10-16-22(25)26/h12,14-15H,2-11,13,16-19H2,1H3,(H,25,26)(H,27,28). The molecule has 0 aliphatic heterocycles. The van der Waals surface area contributed by atoms with Crippen molar-refractivity contribution in [3.05, 3.63) is 23.8 Å². The normalized spacial score (nSPS) is 10.7. The highest BCUT2D eigenvalue weighted by Gasteiger charge is 2.09. The van der Waals surface area contributed by atoms with E-state index in [-0.39, 0.29) is 6.42 Å². The zero-order valence-electron chi connectivity index (χ0n) is 18.4. The van der Waals surface area contributed by atoms with E-state index in [1.807, 2.05) is 25.1 Å². The number of ether oxygens (including phenoxy) is 2. The minimum absolute atomic E-state index is 0.104. The Labute approximate surface area is 180 Å². The summed E-state index contributed by atoms with van der Waals surface area (Å²) in [6.45, 7) is 2.98. The Morgan fingerprint density at radius 2 is 1.20 bits per heavy atom. The number of aliphatic carboxylic acids is 2. The molecule has 1 rings (SSSR count). The van der Waals surface area contributed by atoms with E-state index in [4.69, 9.17) is 19.7 Å². The second-order valence-corrected chi connectivity index (χ2v) is 7.78. The van der Waals surface area contributed by atoms with Gasteiger partial charge in [-0.2, -0.15) is 0 Å². The van der Waals surface area contributed by atoms with Gasteiger partial charge in [0, 0.05) is 12.8 Å². The fourth-order valence-corrected chi connectivity index (χ4v) is 3.30. The zero-order valence-corrected chi connectivity index (χ0v) is 18.4. The fraction of sp³-hybridized carbons (Fsp3) is 0.667. The molecule has 0 bridgehead atoms. The third-order valence-electron chi connectivity index (χ3n) is 5.00. The van der Waals surface area contributed by atoms with Gasteiger partial charge in [-0.15, -0.1) is 0 Å². The first-order chi connectivity index (χ1) is 14.5. The number of hydrogen-bond donors (Lipinski definition) is 2. The van der Waals surface area contributed by atoms with Gasteiger partial charge in [0.05, 0.1) is 13.2 Å². The lowest BCUT2D eigenvalue weighted by Crippen LogP contribution is -2.05. The lowest BCUT2D eigenvalue weighted by molar-refractivity contribution is -0.138. The number of benzene rings is 1. The Morgan fingerprint density at radius 3 is 1.80 bits per heavy atom. The number of para-hydroxylation sites is 1. The van der Waals surface area contributed by atoms with E-state index in [0.29, 0.717) is 31.8 Å². The molecule has 0 spiro atoms. The van der Waals surface area contributed by atoms with Gasteiger partial charge in [0.25, 0.3) is 0 Å². The average Bonchev–Trinajstić information content (AvgIpc) is 2.69. The number of carbonyl (C=O) groups is 2. The summed E-state index contributed by atoms with van der Waals surface area (Å²) in [4.78, 5) is 21.0. The van der Waals surface area contributed by atoms with Gasteiger partial charge in [0.1, 0.15) is 0 Å². The fourth-order valence-electron chi connectivity index (χ4n) is 3.30. The van der Waals surface area contributed by atoms with E-state index in [2.05, 4.69) is 0 Å². The van der Waals surface area contributed by atoms with Crippen LogP contribution in [0.15, 0.2) is 18.2 Å². The lowest BCUT2D eigenvalue weighted by Gasteiger charge is -2.14. The van der Waals surface area contributed by atoms with Crippen LogP contribution in [0.25, 0.3) is 0 Å². The van der Waals surface area contributed by atoms with E-state index in [1.54, 1.807) is 0 Å². The van der Waals surface area contributed by atoms with E-state index in [9.17, 15) is 9.59 Å². The number of hydrogen-bond acceptors (Lipinski definition) is 4. The Hall–Kier alpha value is -2.24. The van der Waals surface area contributed by atoms with Crippen molar-refractivity contribution >= 4 is 11.9 Å².